The zero-order valence-electron chi connectivity index (χ0n) is 10.1. The van der Waals surface area contributed by atoms with Gasteiger partial charge in [0.15, 0.2) is 5.13 Å². The van der Waals surface area contributed by atoms with Gasteiger partial charge in [-0.2, -0.15) is 0 Å². The average molecular weight is 269 g/mol. The van der Waals surface area contributed by atoms with Crippen molar-refractivity contribution in [2.45, 2.75) is 25.3 Å². The Morgan fingerprint density at radius 3 is 3.00 bits per heavy atom. The number of carbonyl (C=O) groups excluding carboxylic acids is 2. The van der Waals surface area contributed by atoms with Crippen molar-refractivity contribution in [2.75, 3.05) is 19.0 Å². The van der Waals surface area contributed by atoms with Gasteiger partial charge in [-0.1, -0.05) is 11.3 Å². The molecule has 0 aliphatic heterocycles. The number of anilines is 1. The van der Waals surface area contributed by atoms with Gasteiger partial charge in [0, 0.05) is 19.0 Å². The quantitative estimate of drug-likeness (QED) is 0.753. The molecule has 1 saturated carbocycles. The van der Waals surface area contributed by atoms with Crippen LogP contribution in [0.4, 0.5) is 5.13 Å². The number of hydrogen-bond acceptors (Lipinski definition) is 6. The minimum Gasteiger partial charge on any atom is -0.465 e. The number of methoxy groups -OCH3 is 1. The van der Waals surface area contributed by atoms with Crippen LogP contribution in [0.5, 0.6) is 0 Å². The largest absolute Gasteiger partial charge is 0.465 e. The number of rotatable bonds is 6. The summed E-state index contributed by atoms with van der Waals surface area (Å²) in [6.07, 6.45) is 4.05. The van der Waals surface area contributed by atoms with Crippen molar-refractivity contribution >= 4 is 28.3 Å². The summed E-state index contributed by atoms with van der Waals surface area (Å²) in [5.74, 6) is -0.346. The van der Waals surface area contributed by atoms with Crippen molar-refractivity contribution in [3.63, 3.8) is 0 Å². The highest BCUT2D eigenvalue weighted by molar-refractivity contribution is 7.17. The molecule has 0 aromatic carbocycles. The topological polar surface area (TPSA) is 80.3 Å². The lowest BCUT2D eigenvalue weighted by atomic mass is 10.4. The molecule has 18 heavy (non-hydrogen) atoms. The van der Waals surface area contributed by atoms with Gasteiger partial charge < -0.3 is 15.4 Å². The van der Waals surface area contributed by atoms with Gasteiger partial charge in [-0.15, -0.1) is 0 Å². The van der Waals surface area contributed by atoms with Crippen LogP contribution in [-0.2, 0) is 9.53 Å². The third-order valence-electron chi connectivity index (χ3n) is 2.46. The number of nitrogens with one attached hydrogen (secondary N) is 2. The van der Waals surface area contributed by atoms with E-state index in [1.807, 2.05) is 0 Å². The van der Waals surface area contributed by atoms with Crippen LogP contribution in [0.25, 0.3) is 0 Å². The summed E-state index contributed by atoms with van der Waals surface area (Å²) in [6, 6.07) is 0.392. The van der Waals surface area contributed by atoms with E-state index in [2.05, 4.69) is 20.4 Å². The first-order valence-electron chi connectivity index (χ1n) is 5.76. The maximum absolute atomic E-state index is 11.4. The molecule has 1 heterocycles. The number of ether oxygens (including phenoxy) is 1. The molecule has 0 radical (unpaired) electrons. The van der Waals surface area contributed by atoms with Gasteiger partial charge in [0.05, 0.1) is 13.3 Å². The summed E-state index contributed by atoms with van der Waals surface area (Å²) < 4.78 is 4.58. The zero-order valence-corrected chi connectivity index (χ0v) is 10.9. The fourth-order valence-electron chi connectivity index (χ4n) is 1.36. The predicted octanol–water partition coefficient (Wildman–Crippen LogP) is 1.01. The number of thiazole rings is 1. The molecule has 1 aliphatic carbocycles. The second kappa shape index (κ2) is 5.81. The van der Waals surface area contributed by atoms with Crippen molar-refractivity contribution in [3.8, 4) is 0 Å². The Hall–Kier alpha value is -1.63. The predicted molar refractivity (Wildman–Crippen MR) is 67.7 cm³/mol. The molecule has 0 bridgehead atoms. The highest BCUT2D eigenvalue weighted by atomic mass is 32.1. The van der Waals surface area contributed by atoms with Gasteiger partial charge in [0.25, 0.3) is 0 Å². The first kappa shape index (κ1) is 12.8. The van der Waals surface area contributed by atoms with E-state index < -0.39 is 5.97 Å². The van der Waals surface area contributed by atoms with Crippen LogP contribution in [-0.4, -0.2) is 36.6 Å². The van der Waals surface area contributed by atoms with Crippen LogP contribution in [0.2, 0.25) is 0 Å². The molecule has 1 aromatic heterocycles. The Morgan fingerprint density at radius 1 is 1.56 bits per heavy atom. The molecule has 6 nitrogen and oxygen atoms in total. The Kier molecular flexibility index (Phi) is 4.14. The van der Waals surface area contributed by atoms with Gasteiger partial charge in [-0.25, -0.2) is 9.78 Å². The first-order chi connectivity index (χ1) is 8.69. The number of aromatic nitrogens is 1. The highest BCUT2D eigenvalue weighted by Crippen LogP contribution is 2.19. The lowest BCUT2D eigenvalue weighted by molar-refractivity contribution is -0.120. The first-order valence-corrected chi connectivity index (χ1v) is 6.58. The van der Waals surface area contributed by atoms with Gasteiger partial charge in [-0.3, -0.25) is 4.79 Å². The number of amides is 1. The normalized spacial score (nSPS) is 14.1. The van der Waals surface area contributed by atoms with E-state index in [9.17, 15) is 9.59 Å². The minimum absolute atomic E-state index is 0.0507. The molecule has 1 fully saturated rings. The molecule has 1 amide bonds. The van der Waals surface area contributed by atoms with Crippen LogP contribution in [0.3, 0.4) is 0 Å². The van der Waals surface area contributed by atoms with Crippen LogP contribution < -0.4 is 10.6 Å². The average Bonchev–Trinajstić information content (AvgIpc) is 3.04. The van der Waals surface area contributed by atoms with E-state index >= 15 is 0 Å². The molecule has 0 saturated heterocycles. The molecule has 0 atom stereocenters. The number of carbonyl (C=O) groups is 2. The monoisotopic (exact) mass is 269 g/mol. The lowest BCUT2D eigenvalue weighted by Crippen LogP contribution is -2.27. The summed E-state index contributed by atoms with van der Waals surface area (Å²) in [5, 5.41) is 6.53. The number of hydrogen-bond donors (Lipinski definition) is 2. The second-order valence-corrected chi connectivity index (χ2v) is 5.07. The molecule has 1 aliphatic rings. The SMILES string of the molecule is COC(=O)c1cnc(NCCC(=O)NC2CC2)s1. The summed E-state index contributed by atoms with van der Waals surface area (Å²) in [4.78, 5) is 27.1. The third-order valence-corrected chi connectivity index (χ3v) is 3.40. The summed E-state index contributed by atoms with van der Waals surface area (Å²) in [6.45, 7) is 0.507. The second-order valence-electron chi connectivity index (χ2n) is 4.04. The van der Waals surface area contributed by atoms with Crippen molar-refractivity contribution in [2.24, 2.45) is 0 Å². The van der Waals surface area contributed by atoms with Crippen LogP contribution in [0.15, 0.2) is 6.20 Å². The lowest BCUT2D eigenvalue weighted by Gasteiger charge is -2.03. The van der Waals surface area contributed by atoms with E-state index in [0.29, 0.717) is 29.0 Å². The Bertz CT molecular complexity index is 442. The smallest absolute Gasteiger partial charge is 0.349 e. The Balaban J connectivity index is 1.70. The molecule has 98 valence electrons. The number of esters is 1. The maximum atomic E-state index is 11.4. The standard InChI is InChI=1S/C11H15N3O3S/c1-17-10(16)8-6-13-11(18-8)12-5-4-9(15)14-7-2-3-7/h6-7H,2-5H2,1H3,(H,12,13)(H,14,15). The van der Waals surface area contributed by atoms with Gasteiger partial charge in [-0.05, 0) is 12.8 Å². The minimum atomic E-state index is -0.396. The summed E-state index contributed by atoms with van der Waals surface area (Å²) >= 11 is 1.22. The van der Waals surface area contributed by atoms with Crippen molar-refractivity contribution in [3.05, 3.63) is 11.1 Å². The van der Waals surface area contributed by atoms with Gasteiger partial charge in [0.1, 0.15) is 4.88 Å². The Morgan fingerprint density at radius 2 is 2.33 bits per heavy atom. The van der Waals surface area contributed by atoms with E-state index in [1.54, 1.807) is 0 Å². The maximum Gasteiger partial charge on any atom is 0.349 e. The van der Waals surface area contributed by atoms with Crippen molar-refractivity contribution in [1.82, 2.24) is 10.3 Å². The number of nitrogens with zero attached hydrogens (tertiary/aromatic N) is 1. The van der Waals surface area contributed by atoms with E-state index in [0.717, 1.165) is 12.8 Å². The van der Waals surface area contributed by atoms with Crippen molar-refractivity contribution in [1.29, 1.82) is 0 Å². The summed E-state index contributed by atoms with van der Waals surface area (Å²) in [5.41, 5.74) is 0. The van der Waals surface area contributed by atoms with Gasteiger partial charge in [0.2, 0.25) is 5.91 Å². The Labute approximate surface area is 109 Å². The summed E-state index contributed by atoms with van der Waals surface area (Å²) in [7, 11) is 1.33. The van der Waals surface area contributed by atoms with Gasteiger partial charge >= 0.3 is 5.97 Å². The van der Waals surface area contributed by atoms with E-state index in [4.69, 9.17) is 0 Å². The van der Waals surface area contributed by atoms with Crippen molar-refractivity contribution < 1.29 is 14.3 Å². The highest BCUT2D eigenvalue weighted by Gasteiger charge is 2.22. The van der Waals surface area contributed by atoms with Crippen LogP contribution >= 0.6 is 11.3 Å². The van der Waals surface area contributed by atoms with Crippen LogP contribution in [0, 0.1) is 0 Å². The molecular weight excluding hydrogens is 254 g/mol. The molecular formula is C11H15N3O3S. The molecule has 0 spiro atoms. The third kappa shape index (κ3) is 3.69. The molecule has 2 rings (SSSR count). The van der Waals surface area contributed by atoms with E-state index in [1.165, 1.54) is 24.6 Å². The molecule has 0 unspecified atom stereocenters. The molecule has 2 N–H and O–H groups in total. The zero-order chi connectivity index (χ0) is 13.0. The fraction of sp³-hybridized carbons (Fsp3) is 0.545. The fourth-order valence-corrected chi connectivity index (χ4v) is 2.12. The molecule has 7 heteroatoms. The van der Waals surface area contributed by atoms with Crippen LogP contribution in [0.1, 0.15) is 28.9 Å². The van der Waals surface area contributed by atoms with E-state index in [-0.39, 0.29) is 5.91 Å². The molecule has 1 aromatic rings.